The molecule has 3 heterocycles. The minimum Gasteiger partial charge on any atom is -0.496 e. The molecule has 5 rings (SSSR count). The molecule has 0 unspecified atom stereocenters. The highest BCUT2D eigenvalue weighted by Gasteiger charge is 2.24. The number of ether oxygens (including phenoxy) is 2. The Kier molecular flexibility index (Phi) is 5.90. The second-order valence-corrected chi connectivity index (χ2v) is 8.64. The van der Waals surface area contributed by atoms with Gasteiger partial charge < -0.3 is 14.0 Å². The van der Waals surface area contributed by atoms with E-state index in [0.717, 1.165) is 44.3 Å². The summed E-state index contributed by atoms with van der Waals surface area (Å²) in [5.41, 5.74) is 5.80. The van der Waals surface area contributed by atoms with Crippen LogP contribution in [0.2, 0.25) is 0 Å². The number of imidazole rings is 1. The third-order valence-electron chi connectivity index (χ3n) is 6.60. The summed E-state index contributed by atoms with van der Waals surface area (Å²) < 4.78 is 20.1. The highest BCUT2D eigenvalue weighted by Crippen LogP contribution is 2.39. The molecule has 0 saturated carbocycles. The summed E-state index contributed by atoms with van der Waals surface area (Å²) in [6.07, 6.45) is 1.77. The van der Waals surface area contributed by atoms with E-state index in [9.17, 15) is 4.79 Å². The number of aryl methyl sites for hydroxylation is 2. The number of fused-ring (bicyclic) bond motifs is 3. The number of benzene rings is 2. The summed E-state index contributed by atoms with van der Waals surface area (Å²) in [4.78, 5) is 18.5. The zero-order chi connectivity index (χ0) is 24.7. The molecule has 8 nitrogen and oxygen atoms in total. The lowest BCUT2D eigenvalue weighted by Gasteiger charge is -2.16. The van der Waals surface area contributed by atoms with Crippen molar-refractivity contribution >= 4 is 21.9 Å². The Hall–Kier alpha value is -3.91. The standard InChI is InChI=1S/C27H28N4O4/c1-16-25(18(3)35-29-16)21-13-22-20(14-24(21)34-5)26-23(15-28-22)30(11-12-33-4)27(32)31(26)17(2)19-9-7-6-8-10-19/h6-10,13-15,17H,11-12H2,1-5H3/t17-/m1/s1. The van der Waals surface area contributed by atoms with Crippen molar-refractivity contribution in [3.8, 4) is 16.9 Å². The summed E-state index contributed by atoms with van der Waals surface area (Å²) in [5, 5.41) is 4.94. The van der Waals surface area contributed by atoms with E-state index in [1.54, 1.807) is 25.0 Å². The highest BCUT2D eigenvalue weighted by molar-refractivity contribution is 6.05. The maximum Gasteiger partial charge on any atom is 0.329 e. The number of hydrogen-bond acceptors (Lipinski definition) is 6. The first-order valence-electron chi connectivity index (χ1n) is 11.5. The molecular formula is C27H28N4O4. The quantitative estimate of drug-likeness (QED) is 0.335. The van der Waals surface area contributed by atoms with Gasteiger partial charge >= 0.3 is 5.69 Å². The molecule has 0 aliphatic heterocycles. The second kappa shape index (κ2) is 9.03. The molecule has 0 aliphatic rings. The molecule has 3 aromatic heterocycles. The Morgan fingerprint density at radius 3 is 2.54 bits per heavy atom. The van der Waals surface area contributed by atoms with E-state index < -0.39 is 0 Å². The van der Waals surface area contributed by atoms with Crippen molar-refractivity contribution < 1.29 is 14.0 Å². The molecule has 0 bridgehead atoms. The maximum atomic E-state index is 13.7. The molecule has 180 valence electrons. The predicted molar refractivity (Wildman–Crippen MR) is 135 cm³/mol. The van der Waals surface area contributed by atoms with Crippen LogP contribution in [-0.2, 0) is 11.3 Å². The summed E-state index contributed by atoms with van der Waals surface area (Å²) in [6.45, 7) is 6.68. The zero-order valence-electron chi connectivity index (χ0n) is 20.5. The summed E-state index contributed by atoms with van der Waals surface area (Å²) in [5.74, 6) is 1.37. The second-order valence-electron chi connectivity index (χ2n) is 8.64. The fourth-order valence-electron chi connectivity index (χ4n) is 4.84. The van der Waals surface area contributed by atoms with Gasteiger partial charge in [0.15, 0.2) is 0 Å². The first-order valence-corrected chi connectivity index (χ1v) is 11.5. The molecule has 8 heteroatoms. The minimum absolute atomic E-state index is 0.100. The zero-order valence-corrected chi connectivity index (χ0v) is 20.5. The Morgan fingerprint density at radius 1 is 1.11 bits per heavy atom. The maximum absolute atomic E-state index is 13.7. The molecule has 1 atom stereocenters. The molecule has 0 radical (unpaired) electrons. The average Bonchev–Trinajstić information content (AvgIpc) is 3.36. The molecule has 2 aromatic carbocycles. The van der Waals surface area contributed by atoms with E-state index in [0.29, 0.717) is 24.7 Å². The van der Waals surface area contributed by atoms with Crippen LogP contribution in [0.3, 0.4) is 0 Å². The number of methoxy groups -OCH3 is 2. The predicted octanol–water partition coefficient (Wildman–Crippen LogP) is 4.89. The molecule has 0 spiro atoms. The largest absolute Gasteiger partial charge is 0.496 e. The lowest BCUT2D eigenvalue weighted by Crippen LogP contribution is -2.28. The van der Waals surface area contributed by atoms with Crippen molar-refractivity contribution in [3.63, 3.8) is 0 Å². The van der Waals surface area contributed by atoms with Gasteiger partial charge in [0.25, 0.3) is 0 Å². The first-order chi connectivity index (χ1) is 17.0. The van der Waals surface area contributed by atoms with Crippen molar-refractivity contribution in [3.05, 3.63) is 76.2 Å². The van der Waals surface area contributed by atoms with Crippen LogP contribution in [0.5, 0.6) is 5.75 Å². The smallest absolute Gasteiger partial charge is 0.329 e. The first kappa shape index (κ1) is 22.9. The van der Waals surface area contributed by atoms with Crippen LogP contribution in [0.15, 0.2) is 58.0 Å². The van der Waals surface area contributed by atoms with Gasteiger partial charge in [0, 0.05) is 18.1 Å². The normalized spacial score (nSPS) is 12.5. The lowest BCUT2D eigenvalue weighted by molar-refractivity contribution is 0.187. The van der Waals surface area contributed by atoms with Gasteiger partial charge in [-0.05, 0) is 38.5 Å². The van der Waals surface area contributed by atoms with Gasteiger partial charge in [-0.2, -0.15) is 0 Å². The van der Waals surface area contributed by atoms with Crippen LogP contribution in [0.25, 0.3) is 33.1 Å². The van der Waals surface area contributed by atoms with E-state index in [1.165, 1.54) is 0 Å². The van der Waals surface area contributed by atoms with Crippen LogP contribution < -0.4 is 10.4 Å². The van der Waals surface area contributed by atoms with Gasteiger partial charge in [0.1, 0.15) is 11.5 Å². The van der Waals surface area contributed by atoms with E-state index in [-0.39, 0.29) is 11.7 Å². The van der Waals surface area contributed by atoms with Gasteiger partial charge in [0.2, 0.25) is 0 Å². The van der Waals surface area contributed by atoms with Crippen LogP contribution in [0, 0.1) is 13.8 Å². The molecule has 35 heavy (non-hydrogen) atoms. The Labute approximate surface area is 202 Å². The fraction of sp³-hybridized carbons (Fsp3) is 0.296. The Balaban J connectivity index is 1.85. The molecule has 5 aromatic rings. The Bertz CT molecular complexity index is 1560. The summed E-state index contributed by atoms with van der Waals surface area (Å²) in [6, 6.07) is 13.8. The number of nitrogens with zero attached hydrogens (tertiary/aromatic N) is 4. The SMILES string of the molecule is COCCn1c(=O)n([C@H](C)c2ccccc2)c2c3cc(OC)c(-c4c(C)noc4C)cc3ncc21. The topological polar surface area (TPSA) is 84.3 Å². The summed E-state index contributed by atoms with van der Waals surface area (Å²) >= 11 is 0. The third kappa shape index (κ3) is 3.70. The third-order valence-corrected chi connectivity index (χ3v) is 6.60. The highest BCUT2D eigenvalue weighted by atomic mass is 16.5. The van der Waals surface area contributed by atoms with Gasteiger partial charge in [0.05, 0.1) is 60.3 Å². The van der Waals surface area contributed by atoms with Crippen LogP contribution >= 0.6 is 0 Å². The molecule has 0 fully saturated rings. The lowest BCUT2D eigenvalue weighted by atomic mass is 10.00. The number of pyridine rings is 1. The van der Waals surface area contributed by atoms with E-state index >= 15 is 0 Å². The average molecular weight is 473 g/mol. The Morgan fingerprint density at radius 2 is 1.89 bits per heavy atom. The minimum atomic E-state index is -0.186. The number of rotatable bonds is 7. The van der Waals surface area contributed by atoms with Crippen molar-refractivity contribution in [2.24, 2.45) is 0 Å². The molecule has 0 N–H and O–H groups in total. The molecular weight excluding hydrogens is 444 g/mol. The van der Waals surface area contributed by atoms with Crippen molar-refractivity contribution in [1.82, 2.24) is 19.3 Å². The summed E-state index contributed by atoms with van der Waals surface area (Å²) in [7, 11) is 3.27. The van der Waals surface area contributed by atoms with E-state index in [4.69, 9.17) is 19.0 Å². The molecule has 0 amide bonds. The van der Waals surface area contributed by atoms with Gasteiger partial charge in [-0.25, -0.2) is 4.79 Å². The van der Waals surface area contributed by atoms with Crippen molar-refractivity contribution in [1.29, 1.82) is 0 Å². The van der Waals surface area contributed by atoms with Crippen molar-refractivity contribution in [2.75, 3.05) is 20.8 Å². The number of aromatic nitrogens is 4. The fourth-order valence-corrected chi connectivity index (χ4v) is 4.84. The van der Waals surface area contributed by atoms with Crippen LogP contribution in [0.4, 0.5) is 0 Å². The van der Waals surface area contributed by atoms with Crippen LogP contribution in [0.1, 0.15) is 30.0 Å². The van der Waals surface area contributed by atoms with Crippen molar-refractivity contribution in [2.45, 2.75) is 33.4 Å². The molecule has 0 aliphatic carbocycles. The molecule has 0 saturated heterocycles. The number of hydrogen-bond donors (Lipinski definition) is 0. The van der Waals surface area contributed by atoms with E-state index in [2.05, 4.69) is 5.16 Å². The van der Waals surface area contributed by atoms with Gasteiger partial charge in [-0.1, -0.05) is 35.5 Å². The van der Waals surface area contributed by atoms with E-state index in [1.807, 2.05) is 67.8 Å². The van der Waals surface area contributed by atoms with Gasteiger partial charge in [-0.3, -0.25) is 14.1 Å². The van der Waals surface area contributed by atoms with Gasteiger partial charge in [-0.15, -0.1) is 0 Å². The van der Waals surface area contributed by atoms with Crippen LogP contribution in [-0.4, -0.2) is 40.1 Å². The monoisotopic (exact) mass is 472 g/mol.